The molecule has 0 aliphatic rings. The molecule has 132 valence electrons. The van der Waals surface area contributed by atoms with Gasteiger partial charge in [0.25, 0.3) is 0 Å². The third-order valence-corrected chi connectivity index (χ3v) is 4.35. The predicted molar refractivity (Wildman–Crippen MR) is 102 cm³/mol. The molecular formula is C22H15FN2O2. The third kappa shape index (κ3) is 3.35. The molecule has 0 aliphatic carbocycles. The molecular weight excluding hydrogens is 343 g/mol. The van der Waals surface area contributed by atoms with Crippen molar-refractivity contribution in [1.82, 2.24) is 10.2 Å². The number of halogens is 1. The zero-order valence-corrected chi connectivity index (χ0v) is 14.2. The number of H-pyrrole nitrogens is 1. The molecule has 0 saturated heterocycles. The molecule has 4 aromatic rings. The van der Waals surface area contributed by atoms with Crippen LogP contribution in [0, 0.1) is 5.82 Å². The van der Waals surface area contributed by atoms with Crippen LogP contribution in [-0.4, -0.2) is 21.3 Å². The first-order chi connectivity index (χ1) is 13.1. The van der Waals surface area contributed by atoms with Gasteiger partial charge in [-0.15, -0.1) is 0 Å². The highest BCUT2D eigenvalue weighted by Crippen LogP contribution is 2.29. The van der Waals surface area contributed by atoms with E-state index in [9.17, 15) is 9.18 Å². The number of benzene rings is 3. The molecule has 0 unspecified atom stereocenters. The molecule has 0 saturated carbocycles. The van der Waals surface area contributed by atoms with E-state index in [1.807, 2.05) is 36.4 Å². The molecule has 3 aromatic carbocycles. The van der Waals surface area contributed by atoms with Gasteiger partial charge in [-0.1, -0.05) is 48.5 Å². The summed E-state index contributed by atoms with van der Waals surface area (Å²) < 4.78 is 14.7. The minimum absolute atomic E-state index is 0.176. The van der Waals surface area contributed by atoms with Crippen LogP contribution in [0.1, 0.15) is 10.4 Å². The van der Waals surface area contributed by atoms with Crippen LogP contribution in [0.25, 0.3) is 33.6 Å². The Kier molecular flexibility index (Phi) is 4.26. The van der Waals surface area contributed by atoms with E-state index in [1.54, 1.807) is 24.3 Å². The van der Waals surface area contributed by atoms with Crippen molar-refractivity contribution >= 4 is 5.97 Å². The Morgan fingerprint density at radius 2 is 1.63 bits per heavy atom. The first kappa shape index (κ1) is 16.7. The smallest absolute Gasteiger partial charge is 0.335 e. The fraction of sp³-hybridized carbons (Fsp3) is 0. The topological polar surface area (TPSA) is 66.0 Å². The van der Waals surface area contributed by atoms with Crippen molar-refractivity contribution in [2.24, 2.45) is 0 Å². The molecule has 0 spiro atoms. The van der Waals surface area contributed by atoms with Crippen LogP contribution in [0.4, 0.5) is 4.39 Å². The average molecular weight is 358 g/mol. The maximum atomic E-state index is 14.7. The molecule has 0 atom stereocenters. The summed E-state index contributed by atoms with van der Waals surface area (Å²) >= 11 is 0. The summed E-state index contributed by atoms with van der Waals surface area (Å²) in [4.78, 5) is 11.1. The lowest BCUT2D eigenvalue weighted by molar-refractivity contribution is 0.0697. The van der Waals surface area contributed by atoms with Crippen molar-refractivity contribution < 1.29 is 14.3 Å². The SMILES string of the molecule is O=C(O)c1cccc(-c2cc(-c3ccc(-c4ccccc4)cc3F)[nH]n2)c1. The molecule has 0 fully saturated rings. The second-order valence-corrected chi connectivity index (χ2v) is 6.11. The predicted octanol–water partition coefficient (Wildman–Crippen LogP) is 5.25. The maximum Gasteiger partial charge on any atom is 0.335 e. The Balaban J connectivity index is 1.67. The van der Waals surface area contributed by atoms with Gasteiger partial charge in [0.15, 0.2) is 0 Å². The highest BCUT2D eigenvalue weighted by atomic mass is 19.1. The molecule has 1 aromatic heterocycles. The quantitative estimate of drug-likeness (QED) is 0.524. The van der Waals surface area contributed by atoms with E-state index in [0.717, 1.165) is 11.1 Å². The standard InChI is InChI=1S/C22H15FN2O2/c23-19-12-15(14-5-2-1-3-6-14)9-10-18(19)21-13-20(24-25-21)16-7-4-8-17(11-16)22(26)27/h1-13H,(H,24,25)(H,26,27). The van der Waals surface area contributed by atoms with Gasteiger partial charge in [0.05, 0.1) is 17.0 Å². The largest absolute Gasteiger partial charge is 0.478 e. The summed E-state index contributed by atoms with van der Waals surface area (Å²) in [6.07, 6.45) is 0. The number of carbonyl (C=O) groups is 1. The van der Waals surface area contributed by atoms with Crippen LogP contribution in [0.2, 0.25) is 0 Å². The number of carboxylic acids is 1. The first-order valence-corrected chi connectivity index (χ1v) is 8.36. The van der Waals surface area contributed by atoms with E-state index in [1.165, 1.54) is 18.2 Å². The van der Waals surface area contributed by atoms with Gasteiger partial charge in [-0.2, -0.15) is 5.10 Å². The number of aromatic amines is 1. The average Bonchev–Trinajstić information content (AvgIpc) is 3.18. The highest BCUT2D eigenvalue weighted by Gasteiger charge is 2.12. The van der Waals surface area contributed by atoms with Gasteiger partial charge in [-0.25, -0.2) is 9.18 Å². The summed E-state index contributed by atoms with van der Waals surface area (Å²) in [6.45, 7) is 0. The van der Waals surface area contributed by atoms with Crippen LogP contribution in [-0.2, 0) is 0 Å². The van der Waals surface area contributed by atoms with Crippen LogP contribution >= 0.6 is 0 Å². The fourth-order valence-electron chi connectivity index (χ4n) is 2.96. The summed E-state index contributed by atoms with van der Waals surface area (Å²) in [5, 5.41) is 16.2. The molecule has 2 N–H and O–H groups in total. The van der Waals surface area contributed by atoms with E-state index >= 15 is 0 Å². The molecule has 27 heavy (non-hydrogen) atoms. The first-order valence-electron chi connectivity index (χ1n) is 8.36. The monoisotopic (exact) mass is 358 g/mol. The van der Waals surface area contributed by atoms with Gasteiger partial charge in [-0.05, 0) is 41.5 Å². The van der Waals surface area contributed by atoms with Crippen LogP contribution in [0.3, 0.4) is 0 Å². The number of hydrogen-bond donors (Lipinski definition) is 2. The van der Waals surface area contributed by atoms with Gasteiger partial charge < -0.3 is 5.11 Å². The lowest BCUT2D eigenvalue weighted by atomic mass is 10.0. The van der Waals surface area contributed by atoms with Crippen LogP contribution in [0.5, 0.6) is 0 Å². The second-order valence-electron chi connectivity index (χ2n) is 6.11. The summed E-state index contributed by atoms with van der Waals surface area (Å²) in [5.74, 6) is -1.36. The van der Waals surface area contributed by atoms with E-state index in [-0.39, 0.29) is 11.4 Å². The van der Waals surface area contributed by atoms with Crippen molar-refractivity contribution in [3.63, 3.8) is 0 Å². The fourth-order valence-corrected chi connectivity index (χ4v) is 2.96. The zero-order valence-electron chi connectivity index (χ0n) is 14.2. The van der Waals surface area contributed by atoms with E-state index in [0.29, 0.717) is 22.5 Å². The second kappa shape index (κ2) is 6.88. The Bertz CT molecular complexity index is 1120. The summed E-state index contributed by atoms with van der Waals surface area (Å²) in [6, 6.07) is 22.8. The van der Waals surface area contributed by atoms with Crippen molar-refractivity contribution in [1.29, 1.82) is 0 Å². The van der Waals surface area contributed by atoms with E-state index in [4.69, 9.17) is 5.11 Å². The van der Waals surface area contributed by atoms with Crippen molar-refractivity contribution in [3.8, 4) is 33.6 Å². The van der Waals surface area contributed by atoms with Gasteiger partial charge >= 0.3 is 5.97 Å². The minimum atomic E-state index is -1.00. The summed E-state index contributed by atoms with van der Waals surface area (Å²) in [5.41, 5.74) is 4.06. The Hall–Kier alpha value is -3.73. The molecule has 0 bridgehead atoms. The molecule has 5 heteroatoms. The van der Waals surface area contributed by atoms with Gasteiger partial charge in [0, 0.05) is 11.1 Å². The zero-order chi connectivity index (χ0) is 18.8. The summed E-state index contributed by atoms with van der Waals surface area (Å²) in [7, 11) is 0. The number of aromatic carboxylic acids is 1. The Labute approximate surface area is 154 Å². The Morgan fingerprint density at radius 3 is 2.37 bits per heavy atom. The molecule has 1 heterocycles. The van der Waals surface area contributed by atoms with Crippen LogP contribution in [0.15, 0.2) is 78.9 Å². The van der Waals surface area contributed by atoms with Gasteiger partial charge in [0.1, 0.15) is 5.82 Å². The normalized spacial score (nSPS) is 10.7. The van der Waals surface area contributed by atoms with Crippen molar-refractivity contribution in [2.75, 3.05) is 0 Å². The maximum absolute atomic E-state index is 14.7. The van der Waals surface area contributed by atoms with E-state index < -0.39 is 5.97 Å². The number of rotatable bonds is 4. The lowest BCUT2D eigenvalue weighted by Gasteiger charge is -2.05. The molecule has 0 aliphatic heterocycles. The number of nitrogens with one attached hydrogen (secondary N) is 1. The van der Waals surface area contributed by atoms with E-state index in [2.05, 4.69) is 10.2 Å². The number of carboxylic acid groups (broad SMARTS) is 1. The lowest BCUT2D eigenvalue weighted by Crippen LogP contribution is -1.95. The minimum Gasteiger partial charge on any atom is -0.478 e. The molecule has 0 amide bonds. The number of aromatic nitrogens is 2. The third-order valence-electron chi connectivity index (χ3n) is 4.35. The number of nitrogens with zero attached hydrogens (tertiary/aromatic N) is 1. The Morgan fingerprint density at radius 1 is 0.852 bits per heavy atom. The van der Waals surface area contributed by atoms with Crippen molar-refractivity contribution in [3.05, 3.63) is 90.2 Å². The van der Waals surface area contributed by atoms with Gasteiger partial charge in [0.2, 0.25) is 0 Å². The molecule has 0 radical (unpaired) electrons. The van der Waals surface area contributed by atoms with Crippen molar-refractivity contribution in [2.45, 2.75) is 0 Å². The highest BCUT2D eigenvalue weighted by molar-refractivity contribution is 5.89. The van der Waals surface area contributed by atoms with Gasteiger partial charge in [-0.3, -0.25) is 5.10 Å². The molecule has 4 rings (SSSR count). The number of hydrogen-bond acceptors (Lipinski definition) is 2. The molecule has 4 nitrogen and oxygen atoms in total. The van der Waals surface area contributed by atoms with Crippen LogP contribution < -0.4 is 0 Å².